The van der Waals surface area contributed by atoms with Gasteiger partial charge in [-0.3, -0.25) is 4.79 Å². The van der Waals surface area contributed by atoms with Crippen LogP contribution in [0.2, 0.25) is 0 Å². The van der Waals surface area contributed by atoms with Crippen molar-refractivity contribution in [1.29, 1.82) is 0 Å². The Morgan fingerprint density at radius 3 is 2.56 bits per heavy atom. The molecule has 0 bridgehead atoms. The molecule has 4 heteroatoms. The van der Waals surface area contributed by atoms with Gasteiger partial charge in [-0.15, -0.1) is 0 Å². The largest absolute Gasteiger partial charge is 0.493 e. The molecule has 0 saturated heterocycles. The Kier molecular flexibility index (Phi) is 4.64. The lowest BCUT2D eigenvalue weighted by Gasteiger charge is -2.31. The highest BCUT2D eigenvalue weighted by molar-refractivity contribution is 9.10. The smallest absolute Gasteiger partial charge is 0.312 e. The van der Waals surface area contributed by atoms with Crippen LogP contribution in [0.3, 0.4) is 0 Å². The molecule has 0 aromatic heterocycles. The van der Waals surface area contributed by atoms with Crippen molar-refractivity contribution in [3.05, 3.63) is 28.7 Å². The number of hydrogen-bond donors (Lipinski definition) is 0. The van der Waals surface area contributed by atoms with Crippen LogP contribution in [0.5, 0.6) is 5.75 Å². The molecular weight excluding hydrogens is 296 g/mol. The fourth-order valence-corrected chi connectivity index (χ4v) is 2.37. The van der Waals surface area contributed by atoms with Crippen molar-refractivity contribution in [2.45, 2.75) is 19.3 Å². The van der Waals surface area contributed by atoms with Gasteiger partial charge in [0, 0.05) is 4.47 Å². The quantitative estimate of drug-likeness (QED) is 0.782. The molecule has 0 N–H and O–H groups in total. The highest BCUT2D eigenvalue weighted by Crippen LogP contribution is 2.34. The van der Waals surface area contributed by atoms with Gasteiger partial charge in [0.1, 0.15) is 12.4 Å². The van der Waals surface area contributed by atoms with Crippen LogP contribution >= 0.6 is 15.9 Å². The second-order valence-corrected chi connectivity index (χ2v) is 5.50. The van der Waals surface area contributed by atoms with Gasteiger partial charge in [-0.05, 0) is 43.0 Å². The Labute approximate surface area is 116 Å². The number of benzene rings is 1. The lowest BCUT2D eigenvalue weighted by molar-refractivity contribution is -0.150. The molecule has 1 atom stereocenters. The summed E-state index contributed by atoms with van der Waals surface area (Å²) in [6, 6.07) is 7.62. The Morgan fingerprint density at radius 1 is 1.39 bits per heavy atom. The van der Waals surface area contributed by atoms with E-state index in [1.54, 1.807) is 0 Å². The maximum Gasteiger partial charge on any atom is 0.312 e. The normalized spacial score (nSPS) is 16.8. The molecule has 0 spiro atoms. The standard InChI is InChI=1S/C14H17BrO3/c1-17-14(16)13(10-3-2-4-10)9-18-12-7-5-11(15)6-8-12/h5-8,10,13H,2-4,9H2,1H3. The van der Waals surface area contributed by atoms with Crippen LogP contribution in [-0.4, -0.2) is 19.7 Å². The number of rotatable bonds is 5. The summed E-state index contributed by atoms with van der Waals surface area (Å²) in [6.45, 7) is 0.402. The highest BCUT2D eigenvalue weighted by atomic mass is 79.9. The molecule has 1 aromatic rings. The first-order chi connectivity index (χ1) is 8.70. The SMILES string of the molecule is COC(=O)C(COc1ccc(Br)cc1)C1CCC1. The first-order valence-corrected chi connectivity index (χ1v) is 6.96. The average Bonchev–Trinajstić information content (AvgIpc) is 2.33. The summed E-state index contributed by atoms with van der Waals surface area (Å²) in [5.41, 5.74) is 0. The van der Waals surface area contributed by atoms with E-state index in [1.807, 2.05) is 24.3 Å². The van der Waals surface area contributed by atoms with Crippen LogP contribution in [0.25, 0.3) is 0 Å². The van der Waals surface area contributed by atoms with E-state index in [4.69, 9.17) is 9.47 Å². The Hall–Kier alpha value is -1.03. The van der Waals surface area contributed by atoms with E-state index in [0.29, 0.717) is 12.5 Å². The maximum absolute atomic E-state index is 11.7. The summed E-state index contributed by atoms with van der Waals surface area (Å²) in [7, 11) is 1.44. The molecule has 0 aliphatic heterocycles. The molecule has 1 aliphatic rings. The zero-order chi connectivity index (χ0) is 13.0. The predicted molar refractivity (Wildman–Crippen MR) is 72.5 cm³/mol. The van der Waals surface area contributed by atoms with E-state index in [9.17, 15) is 4.79 Å². The van der Waals surface area contributed by atoms with Gasteiger partial charge in [-0.2, -0.15) is 0 Å². The number of halogens is 1. The summed E-state index contributed by atoms with van der Waals surface area (Å²) < 4.78 is 11.5. The third kappa shape index (κ3) is 3.25. The van der Waals surface area contributed by atoms with Gasteiger partial charge in [0.15, 0.2) is 0 Å². The molecule has 98 valence electrons. The first kappa shape index (κ1) is 13.4. The van der Waals surface area contributed by atoms with Crippen LogP contribution in [0, 0.1) is 11.8 Å². The number of hydrogen-bond acceptors (Lipinski definition) is 3. The topological polar surface area (TPSA) is 35.5 Å². The van der Waals surface area contributed by atoms with Crippen molar-refractivity contribution in [3.63, 3.8) is 0 Å². The van der Waals surface area contributed by atoms with E-state index < -0.39 is 0 Å². The van der Waals surface area contributed by atoms with E-state index >= 15 is 0 Å². The van der Waals surface area contributed by atoms with Gasteiger partial charge in [-0.1, -0.05) is 22.4 Å². The van der Waals surface area contributed by atoms with Gasteiger partial charge in [0.05, 0.1) is 13.0 Å². The van der Waals surface area contributed by atoms with Crippen molar-refractivity contribution in [1.82, 2.24) is 0 Å². The summed E-state index contributed by atoms with van der Waals surface area (Å²) in [4.78, 5) is 11.7. The third-order valence-electron chi connectivity index (χ3n) is 3.47. The minimum Gasteiger partial charge on any atom is -0.493 e. The van der Waals surface area contributed by atoms with Crippen molar-refractivity contribution in [2.75, 3.05) is 13.7 Å². The van der Waals surface area contributed by atoms with Gasteiger partial charge in [0.2, 0.25) is 0 Å². The van der Waals surface area contributed by atoms with Crippen LogP contribution in [0.4, 0.5) is 0 Å². The van der Waals surface area contributed by atoms with Gasteiger partial charge >= 0.3 is 5.97 Å². The van der Waals surface area contributed by atoms with Crippen LogP contribution < -0.4 is 4.74 Å². The van der Waals surface area contributed by atoms with Gasteiger partial charge in [0.25, 0.3) is 0 Å². The number of carbonyl (C=O) groups is 1. The summed E-state index contributed by atoms with van der Waals surface area (Å²) in [5, 5.41) is 0. The van der Waals surface area contributed by atoms with Crippen molar-refractivity contribution < 1.29 is 14.3 Å². The van der Waals surface area contributed by atoms with Crippen molar-refractivity contribution in [2.24, 2.45) is 11.8 Å². The fourth-order valence-electron chi connectivity index (χ4n) is 2.11. The van der Waals surface area contributed by atoms with Gasteiger partial charge < -0.3 is 9.47 Å². The number of esters is 1. The van der Waals surface area contributed by atoms with Crippen LogP contribution in [-0.2, 0) is 9.53 Å². The molecule has 1 aliphatic carbocycles. The molecule has 0 amide bonds. The number of carbonyl (C=O) groups excluding carboxylic acids is 1. The maximum atomic E-state index is 11.7. The molecule has 1 unspecified atom stereocenters. The fraction of sp³-hybridized carbons (Fsp3) is 0.500. The molecule has 0 heterocycles. The molecular formula is C14H17BrO3. The number of methoxy groups -OCH3 is 1. The first-order valence-electron chi connectivity index (χ1n) is 6.17. The molecule has 1 saturated carbocycles. The minimum atomic E-state index is -0.156. The molecule has 18 heavy (non-hydrogen) atoms. The highest BCUT2D eigenvalue weighted by Gasteiger charge is 2.33. The lowest BCUT2D eigenvalue weighted by Crippen LogP contribution is -2.34. The van der Waals surface area contributed by atoms with E-state index in [0.717, 1.165) is 23.1 Å². The monoisotopic (exact) mass is 312 g/mol. The van der Waals surface area contributed by atoms with Crippen molar-refractivity contribution in [3.8, 4) is 5.75 Å². The molecule has 1 fully saturated rings. The second-order valence-electron chi connectivity index (χ2n) is 4.59. The molecule has 0 radical (unpaired) electrons. The number of ether oxygens (including phenoxy) is 2. The van der Waals surface area contributed by atoms with Gasteiger partial charge in [-0.25, -0.2) is 0 Å². The zero-order valence-electron chi connectivity index (χ0n) is 10.4. The average molecular weight is 313 g/mol. The van der Waals surface area contributed by atoms with Crippen LogP contribution in [0.15, 0.2) is 28.7 Å². The minimum absolute atomic E-state index is 0.132. The molecule has 2 rings (SSSR count). The predicted octanol–water partition coefficient (Wildman–Crippen LogP) is 3.42. The van der Waals surface area contributed by atoms with E-state index in [2.05, 4.69) is 15.9 Å². The summed E-state index contributed by atoms with van der Waals surface area (Å²) >= 11 is 3.37. The van der Waals surface area contributed by atoms with E-state index in [1.165, 1.54) is 13.5 Å². The lowest BCUT2D eigenvalue weighted by atomic mass is 9.76. The molecule has 3 nitrogen and oxygen atoms in total. The Balaban J connectivity index is 1.92. The third-order valence-corrected chi connectivity index (χ3v) is 3.99. The summed E-state index contributed by atoms with van der Waals surface area (Å²) in [5.74, 6) is 0.920. The second kappa shape index (κ2) is 6.23. The Bertz CT molecular complexity index is 398. The molecule has 1 aromatic carbocycles. The van der Waals surface area contributed by atoms with E-state index in [-0.39, 0.29) is 11.9 Å². The Morgan fingerprint density at radius 2 is 2.06 bits per heavy atom. The zero-order valence-corrected chi connectivity index (χ0v) is 12.0. The van der Waals surface area contributed by atoms with Crippen molar-refractivity contribution >= 4 is 21.9 Å². The van der Waals surface area contributed by atoms with Crippen LogP contribution in [0.1, 0.15) is 19.3 Å². The summed E-state index contributed by atoms with van der Waals surface area (Å²) in [6.07, 6.45) is 3.41.